The molecule has 0 atom stereocenters. The first-order chi connectivity index (χ1) is 16.8. The van der Waals surface area contributed by atoms with Gasteiger partial charge in [-0.1, -0.05) is 29.3 Å². The third-order valence-corrected chi connectivity index (χ3v) is 5.83. The molecule has 0 saturated carbocycles. The van der Waals surface area contributed by atoms with E-state index < -0.39 is 22.6 Å². The number of fused-ring (bicyclic) bond motifs is 1. The van der Waals surface area contributed by atoms with Crippen LogP contribution in [0.4, 0.5) is 5.82 Å². The Bertz CT molecular complexity index is 1620. The number of hydrogen-bond acceptors (Lipinski definition) is 8. The summed E-state index contributed by atoms with van der Waals surface area (Å²) in [6.07, 6.45) is 1.74. The van der Waals surface area contributed by atoms with E-state index >= 15 is 0 Å². The van der Waals surface area contributed by atoms with Crippen molar-refractivity contribution in [3.8, 4) is 34.2 Å². The number of halogens is 2. The van der Waals surface area contributed by atoms with Crippen LogP contribution in [0.3, 0.4) is 0 Å². The smallest absolute Gasteiger partial charge is 0.349 e. The Balaban J connectivity index is 1.55. The third-order valence-electron chi connectivity index (χ3n) is 5.27. The third kappa shape index (κ3) is 4.38. The molecule has 1 aliphatic heterocycles. The number of nitrogens with two attached hydrogens (primary N) is 1. The SMILES string of the molecule is Nc1nn(-c2cc(Cl)c(Oc3n[nH]c(=O)cc3-c3ccc4c(c3)CCCO4)c(Cl)c2)c(=O)[nH]c1=O. The molecule has 0 aliphatic carbocycles. The quantitative estimate of drug-likeness (QED) is 0.374. The van der Waals surface area contributed by atoms with Gasteiger partial charge in [-0.2, -0.15) is 4.68 Å². The van der Waals surface area contributed by atoms with Crippen LogP contribution in [-0.4, -0.2) is 31.6 Å². The first-order valence-electron chi connectivity index (χ1n) is 10.3. The molecule has 4 N–H and O–H groups in total. The molecule has 35 heavy (non-hydrogen) atoms. The number of hydrogen-bond donors (Lipinski definition) is 3. The minimum Gasteiger partial charge on any atom is -0.493 e. The lowest BCUT2D eigenvalue weighted by Crippen LogP contribution is -2.33. The van der Waals surface area contributed by atoms with Gasteiger partial charge in [-0.25, -0.2) is 9.89 Å². The second-order valence-corrected chi connectivity index (χ2v) is 8.44. The first-order valence-corrected chi connectivity index (χ1v) is 11.1. The Morgan fingerprint density at radius 2 is 1.86 bits per heavy atom. The van der Waals surface area contributed by atoms with Crippen molar-refractivity contribution in [1.29, 1.82) is 0 Å². The molecule has 11 nitrogen and oxygen atoms in total. The average Bonchev–Trinajstić information content (AvgIpc) is 2.84. The minimum absolute atomic E-state index is 0.0174. The first kappa shape index (κ1) is 22.7. The fraction of sp³-hybridized carbons (Fsp3) is 0.136. The van der Waals surface area contributed by atoms with Crippen LogP contribution in [0.1, 0.15) is 12.0 Å². The monoisotopic (exact) mass is 514 g/mol. The zero-order valence-corrected chi connectivity index (χ0v) is 19.3. The van der Waals surface area contributed by atoms with Gasteiger partial charge in [-0.05, 0) is 48.2 Å². The summed E-state index contributed by atoms with van der Waals surface area (Å²) in [5, 5.41) is 10.2. The average molecular weight is 515 g/mol. The van der Waals surface area contributed by atoms with Crippen LogP contribution in [0.5, 0.6) is 17.4 Å². The van der Waals surface area contributed by atoms with E-state index in [0.717, 1.165) is 28.8 Å². The standard InChI is InChI=1S/C22H16Cl2N6O5/c23-14-7-12(30-22(33)26-20(32)19(25)29-30)8-15(24)18(14)35-21-13(9-17(31)27-28-21)10-3-4-16-11(6-10)2-1-5-34-16/h3-4,6-9H,1-2,5H2,(H2,25,29)(H,27,31)(H,26,32,33). The highest BCUT2D eigenvalue weighted by molar-refractivity contribution is 6.37. The van der Waals surface area contributed by atoms with Crippen LogP contribution in [-0.2, 0) is 6.42 Å². The zero-order chi connectivity index (χ0) is 24.7. The predicted octanol–water partition coefficient (Wildman–Crippen LogP) is 2.68. The lowest BCUT2D eigenvalue weighted by Gasteiger charge is -2.18. The van der Waals surface area contributed by atoms with E-state index in [9.17, 15) is 14.4 Å². The normalized spacial score (nSPS) is 12.6. The number of nitrogen functional groups attached to an aromatic ring is 1. The van der Waals surface area contributed by atoms with E-state index in [1.165, 1.54) is 18.2 Å². The molecule has 0 bridgehead atoms. The molecule has 0 radical (unpaired) electrons. The maximum atomic E-state index is 12.1. The molecular formula is C22H16Cl2N6O5. The summed E-state index contributed by atoms with van der Waals surface area (Å²) < 4.78 is 12.4. The van der Waals surface area contributed by atoms with Gasteiger partial charge < -0.3 is 15.2 Å². The molecule has 2 aromatic carbocycles. The van der Waals surface area contributed by atoms with Gasteiger partial charge >= 0.3 is 5.69 Å². The molecule has 5 rings (SSSR count). The highest BCUT2D eigenvalue weighted by atomic mass is 35.5. The summed E-state index contributed by atoms with van der Waals surface area (Å²) >= 11 is 12.8. The fourth-order valence-electron chi connectivity index (χ4n) is 3.65. The van der Waals surface area contributed by atoms with Gasteiger partial charge in [0.05, 0.1) is 27.9 Å². The summed E-state index contributed by atoms with van der Waals surface area (Å²) in [6, 6.07) is 9.63. The Hall–Kier alpha value is -4.09. The van der Waals surface area contributed by atoms with Crippen molar-refractivity contribution in [2.24, 2.45) is 0 Å². The van der Waals surface area contributed by atoms with Crippen molar-refractivity contribution in [3.05, 3.63) is 83.2 Å². The van der Waals surface area contributed by atoms with Gasteiger partial charge in [0, 0.05) is 6.07 Å². The molecule has 178 valence electrons. The number of aryl methyl sites for hydroxylation is 1. The number of nitrogens with one attached hydrogen (secondary N) is 2. The van der Waals surface area contributed by atoms with Gasteiger partial charge in [-0.15, -0.1) is 10.2 Å². The van der Waals surface area contributed by atoms with Crippen LogP contribution >= 0.6 is 23.2 Å². The maximum absolute atomic E-state index is 12.1. The van der Waals surface area contributed by atoms with Crippen LogP contribution < -0.4 is 32.0 Å². The molecule has 3 heterocycles. The van der Waals surface area contributed by atoms with E-state index in [0.29, 0.717) is 17.7 Å². The van der Waals surface area contributed by atoms with E-state index in [2.05, 4.69) is 15.3 Å². The molecule has 0 amide bonds. The summed E-state index contributed by atoms with van der Waals surface area (Å²) in [5.41, 5.74) is 5.73. The zero-order valence-electron chi connectivity index (χ0n) is 17.8. The second-order valence-electron chi connectivity index (χ2n) is 7.62. The van der Waals surface area contributed by atoms with E-state index in [-0.39, 0.29) is 27.4 Å². The van der Waals surface area contributed by atoms with E-state index in [1.807, 2.05) is 17.1 Å². The van der Waals surface area contributed by atoms with E-state index in [1.54, 1.807) is 6.07 Å². The molecule has 13 heteroatoms. The molecule has 0 unspecified atom stereocenters. The van der Waals surface area contributed by atoms with Crippen molar-refractivity contribution in [2.75, 3.05) is 12.3 Å². The number of aromatic amines is 2. The maximum Gasteiger partial charge on any atom is 0.349 e. The van der Waals surface area contributed by atoms with Crippen LogP contribution in [0.25, 0.3) is 16.8 Å². The van der Waals surface area contributed by atoms with Crippen molar-refractivity contribution in [2.45, 2.75) is 12.8 Å². The van der Waals surface area contributed by atoms with Crippen molar-refractivity contribution in [3.63, 3.8) is 0 Å². The molecule has 2 aromatic heterocycles. The lowest BCUT2D eigenvalue weighted by atomic mass is 10.00. The van der Waals surface area contributed by atoms with Crippen LogP contribution in [0.2, 0.25) is 10.0 Å². The molecule has 4 aromatic rings. The number of aromatic nitrogens is 5. The highest BCUT2D eigenvalue weighted by Crippen LogP contribution is 2.40. The van der Waals surface area contributed by atoms with Crippen molar-refractivity contribution < 1.29 is 9.47 Å². The number of H-pyrrole nitrogens is 2. The summed E-state index contributed by atoms with van der Waals surface area (Å²) in [7, 11) is 0. The van der Waals surface area contributed by atoms with Crippen LogP contribution in [0, 0.1) is 0 Å². The summed E-state index contributed by atoms with van der Waals surface area (Å²) in [5.74, 6) is 0.481. The summed E-state index contributed by atoms with van der Waals surface area (Å²) in [6.45, 7) is 0.660. The number of ether oxygens (including phenoxy) is 2. The molecule has 1 aliphatic rings. The number of rotatable bonds is 4. The van der Waals surface area contributed by atoms with Crippen molar-refractivity contribution in [1.82, 2.24) is 25.0 Å². The minimum atomic E-state index is -0.828. The van der Waals surface area contributed by atoms with Gasteiger partial charge in [0.2, 0.25) is 11.7 Å². The lowest BCUT2D eigenvalue weighted by molar-refractivity contribution is 0.288. The topological polar surface area (TPSA) is 158 Å². The number of anilines is 1. The van der Waals surface area contributed by atoms with Gasteiger partial charge in [0.25, 0.3) is 11.1 Å². The van der Waals surface area contributed by atoms with Gasteiger partial charge in [0.1, 0.15) is 5.75 Å². The molecule has 0 spiro atoms. The van der Waals surface area contributed by atoms with Gasteiger partial charge in [0.15, 0.2) is 5.75 Å². The number of benzene rings is 2. The Labute approximate surface area is 206 Å². The van der Waals surface area contributed by atoms with E-state index in [4.69, 9.17) is 38.4 Å². The predicted molar refractivity (Wildman–Crippen MR) is 129 cm³/mol. The highest BCUT2D eigenvalue weighted by Gasteiger charge is 2.19. The fourth-order valence-corrected chi connectivity index (χ4v) is 4.21. The molecule has 0 fully saturated rings. The second kappa shape index (κ2) is 8.93. The number of nitrogens with zero attached hydrogens (tertiary/aromatic N) is 3. The Morgan fingerprint density at radius 3 is 2.63 bits per heavy atom. The summed E-state index contributed by atoms with van der Waals surface area (Å²) in [4.78, 5) is 37.7. The molecule has 0 saturated heterocycles. The Kier molecular flexibility index (Phi) is 5.79. The largest absolute Gasteiger partial charge is 0.493 e. The van der Waals surface area contributed by atoms with Crippen molar-refractivity contribution >= 4 is 29.0 Å². The van der Waals surface area contributed by atoms with Crippen LogP contribution in [0.15, 0.2) is 50.8 Å². The molecular weight excluding hydrogens is 499 g/mol. The Morgan fingerprint density at radius 1 is 1.09 bits per heavy atom. The van der Waals surface area contributed by atoms with Gasteiger partial charge in [-0.3, -0.25) is 14.6 Å².